The molecular formula is C22H20BClO2S. The second-order valence-electron chi connectivity index (χ2n) is 8.22. The number of fused-ring (bicyclic) bond motifs is 4. The number of rotatable bonds is 1. The molecule has 4 aromatic rings. The largest absolute Gasteiger partial charge is 0.497 e. The Hall–Kier alpha value is -1.59. The lowest BCUT2D eigenvalue weighted by atomic mass is 9.78. The van der Waals surface area contributed by atoms with Crippen LogP contribution in [0.25, 0.3) is 30.9 Å². The third-order valence-corrected chi connectivity index (χ3v) is 7.51. The lowest BCUT2D eigenvalue weighted by molar-refractivity contribution is 0.00578. The van der Waals surface area contributed by atoms with Gasteiger partial charge in [-0.15, -0.1) is 11.3 Å². The highest BCUT2D eigenvalue weighted by molar-refractivity contribution is 7.27. The van der Waals surface area contributed by atoms with Gasteiger partial charge in [0.05, 0.1) is 11.2 Å². The molecule has 1 fully saturated rings. The number of halogens is 1. The van der Waals surface area contributed by atoms with Crippen LogP contribution in [0.2, 0.25) is 5.02 Å². The molecule has 0 aliphatic carbocycles. The Balaban J connectivity index is 1.78. The third-order valence-electron chi connectivity index (χ3n) is 5.98. The van der Waals surface area contributed by atoms with Crippen molar-refractivity contribution < 1.29 is 9.31 Å². The van der Waals surface area contributed by atoms with Crippen LogP contribution in [0.4, 0.5) is 0 Å². The Bertz CT molecular complexity index is 1200. The van der Waals surface area contributed by atoms with Crippen molar-refractivity contribution in [1.29, 1.82) is 0 Å². The first kappa shape index (κ1) is 17.5. The van der Waals surface area contributed by atoms with Gasteiger partial charge in [-0.1, -0.05) is 41.9 Å². The van der Waals surface area contributed by atoms with Crippen LogP contribution in [0, 0.1) is 0 Å². The zero-order chi connectivity index (χ0) is 19.0. The quantitative estimate of drug-likeness (QED) is 0.360. The molecule has 1 saturated heterocycles. The highest BCUT2D eigenvalue weighted by Crippen LogP contribution is 2.41. The molecule has 5 heteroatoms. The van der Waals surface area contributed by atoms with Gasteiger partial charge in [-0.05, 0) is 56.7 Å². The van der Waals surface area contributed by atoms with Crippen LogP contribution in [-0.2, 0) is 9.31 Å². The summed E-state index contributed by atoms with van der Waals surface area (Å²) < 4.78 is 15.0. The van der Waals surface area contributed by atoms with E-state index in [4.69, 9.17) is 20.9 Å². The predicted molar refractivity (Wildman–Crippen MR) is 118 cm³/mol. The standard InChI is InChI=1S/C22H20BClO2S/c1-21(2)22(3,4)26-23(25-21)19-17(24)10-9-15-16-11-13-7-5-6-8-14(13)12-18(16)27-20(15)19/h5-12H,1-4H3. The zero-order valence-electron chi connectivity index (χ0n) is 15.8. The van der Waals surface area contributed by atoms with Crippen LogP contribution in [0.3, 0.4) is 0 Å². The topological polar surface area (TPSA) is 18.5 Å². The van der Waals surface area contributed by atoms with Crippen LogP contribution in [-0.4, -0.2) is 18.3 Å². The van der Waals surface area contributed by atoms with Crippen molar-refractivity contribution in [3.05, 3.63) is 53.6 Å². The van der Waals surface area contributed by atoms with Gasteiger partial charge in [-0.3, -0.25) is 0 Å². The Kier molecular flexibility index (Phi) is 3.70. The predicted octanol–water partition coefficient (Wildman–Crippen LogP) is 6.16. The van der Waals surface area contributed by atoms with Crippen LogP contribution in [0.1, 0.15) is 27.7 Å². The van der Waals surface area contributed by atoms with Gasteiger partial charge in [0.2, 0.25) is 0 Å². The molecule has 136 valence electrons. The highest BCUT2D eigenvalue weighted by Gasteiger charge is 2.52. The summed E-state index contributed by atoms with van der Waals surface area (Å²) in [5.41, 5.74) is 0.154. The fourth-order valence-electron chi connectivity index (χ4n) is 3.70. The summed E-state index contributed by atoms with van der Waals surface area (Å²) in [7, 11) is -0.464. The number of hydrogen-bond donors (Lipinski definition) is 0. The third kappa shape index (κ3) is 2.55. The smallest absolute Gasteiger partial charge is 0.399 e. The molecule has 0 radical (unpaired) electrons. The molecule has 0 unspecified atom stereocenters. The monoisotopic (exact) mass is 394 g/mol. The van der Waals surface area contributed by atoms with Crippen molar-refractivity contribution in [2.75, 3.05) is 0 Å². The zero-order valence-corrected chi connectivity index (χ0v) is 17.4. The molecule has 0 amide bonds. The first-order chi connectivity index (χ1) is 12.8. The molecule has 0 spiro atoms. The van der Waals surface area contributed by atoms with E-state index < -0.39 is 18.3 Å². The summed E-state index contributed by atoms with van der Waals surface area (Å²) in [4.78, 5) is 0. The minimum atomic E-state index is -0.464. The first-order valence-corrected chi connectivity index (χ1v) is 10.4. The van der Waals surface area contributed by atoms with Gasteiger partial charge in [0.25, 0.3) is 0 Å². The van der Waals surface area contributed by atoms with Crippen LogP contribution >= 0.6 is 22.9 Å². The molecule has 5 rings (SSSR count). The Morgan fingerprint density at radius 2 is 1.48 bits per heavy atom. The number of thiophene rings is 1. The fraction of sp³-hybridized carbons (Fsp3) is 0.273. The van der Waals surface area contributed by atoms with E-state index in [1.54, 1.807) is 11.3 Å². The minimum Gasteiger partial charge on any atom is -0.399 e. The summed E-state index contributed by atoms with van der Waals surface area (Å²) in [5.74, 6) is 0. The van der Waals surface area contributed by atoms with E-state index in [2.05, 4.69) is 70.2 Å². The highest BCUT2D eigenvalue weighted by atomic mass is 35.5. The summed E-state index contributed by atoms with van der Waals surface area (Å²) in [6.07, 6.45) is 0. The van der Waals surface area contributed by atoms with Gasteiger partial charge in [0, 0.05) is 30.7 Å². The molecule has 1 aromatic heterocycles. The van der Waals surface area contributed by atoms with Gasteiger partial charge < -0.3 is 9.31 Å². The van der Waals surface area contributed by atoms with Gasteiger partial charge >= 0.3 is 7.12 Å². The Morgan fingerprint density at radius 3 is 2.15 bits per heavy atom. The van der Waals surface area contributed by atoms with Gasteiger partial charge in [-0.25, -0.2) is 0 Å². The van der Waals surface area contributed by atoms with E-state index in [9.17, 15) is 0 Å². The summed E-state index contributed by atoms with van der Waals surface area (Å²) in [5, 5.41) is 5.65. The number of hydrogen-bond acceptors (Lipinski definition) is 3. The maximum atomic E-state index is 6.65. The fourth-order valence-corrected chi connectivity index (χ4v) is 5.29. The van der Waals surface area contributed by atoms with E-state index in [1.165, 1.54) is 26.2 Å². The second-order valence-corrected chi connectivity index (χ2v) is 9.68. The molecule has 27 heavy (non-hydrogen) atoms. The molecule has 2 nitrogen and oxygen atoms in total. The summed E-state index contributed by atoms with van der Waals surface area (Å²) in [6, 6.07) is 17.1. The van der Waals surface area contributed by atoms with E-state index in [0.717, 1.165) is 10.2 Å². The maximum absolute atomic E-state index is 6.65. The SMILES string of the molecule is CC1(C)OB(c2c(Cl)ccc3c2sc2cc4ccccc4cc23)OC1(C)C. The van der Waals surface area contributed by atoms with Crippen molar-refractivity contribution in [2.45, 2.75) is 38.9 Å². The Labute approximate surface area is 168 Å². The average molecular weight is 395 g/mol. The molecule has 0 atom stereocenters. The van der Waals surface area contributed by atoms with Crippen molar-refractivity contribution in [2.24, 2.45) is 0 Å². The minimum absolute atomic E-state index is 0.394. The molecule has 0 saturated carbocycles. The van der Waals surface area contributed by atoms with E-state index in [1.807, 2.05) is 6.07 Å². The van der Waals surface area contributed by atoms with Gasteiger partial charge in [-0.2, -0.15) is 0 Å². The molecule has 1 aliphatic heterocycles. The van der Waals surface area contributed by atoms with Crippen LogP contribution in [0.15, 0.2) is 48.5 Å². The average Bonchev–Trinajstić information content (AvgIpc) is 3.05. The molecular weight excluding hydrogens is 375 g/mol. The van der Waals surface area contributed by atoms with Crippen molar-refractivity contribution in [1.82, 2.24) is 0 Å². The van der Waals surface area contributed by atoms with Crippen LogP contribution < -0.4 is 5.46 Å². The Morgan fingerprint density at radius 1 is 0.852 bits per heavy atom. The van der Waals surface area contributed by atoms with Crippen molar-refractivity contribution in [3.8, 4) is 0 Å². The lowest BCUT2D eigenvalue weighted by Crippen LogP contribution is -2.41. The van der Waals surface area contributed by atoms with E-state index in [0.29, 0.717) is 5.02 Å². The lowest BCUT2D eigenvalue weighted by Gasteiger charge is -2.32. The van der Waals surface area contributed by atoms with E-state index >= 15 is 0 Å². The maximum Gasteiger partial charge on any atom is 0.497 e. The van der Waals surface area contributed by atoms with Gasteiger partial charge in [0.1, 0.15) is 0 Å². The number of benzene rings is 3. The first-order valence-electron chi connectivity index (χ1n) is 9.16. The molecule has 1 aliphatic rings. The van der Waals surface area contributed by atoms with Crippen LogP contribution in [0.5, 0.6) is 0 Å². The molecule has 2 heterocycles. The normalized spacial score (nSPS) is 18.8. The second kappa shape index (κ2) is 5.71. The molecule has 0 bridgehead atoms. The molecule has 3 aromatic carbocycles. The molecule has 0 N–H and O–H groups in total. The summed E-state index contributed by atoms with van der Waals surface area (Å²) >= 11 is 8.41. The van der Waals surface area contributed by atoms with E-state index in [-0.39, 0.29) is 0 Å². The van der Waals surface area contributed by atoms with Crippen molar-refractivity contribution in [3.63, 3.8) is 0 Å². The van der Waals surface area contributed by atoms with Crippen molar-refractivity contribution >= 4 is 66.5 Å². The van der Waals surface area contributed by atoms with Gasteiger partial charge in [0.15, 0.2) is 0 Å². The summed E-state index contributed by atoms with van der Waals surface area (Å²) in [6.45, 7) is 8.27.